The van der Waals surface area contributed by atoms with Gasteiger partial charge in [-0.1, -0.05) is 36.4 Å². The highest BCUT2D eigenvalue weighted by molar-refractivity contribution is 6.21. The van der Waals surface area contributed by atoms with Gasteiger partial charge in [-0.3, -0.25) is 0 Å². The van der Waals surface area contributed by atoms with Crippen molar-refractivity contribution in [2.75, 3.05) is 13.7 Å². The van der Waals surface area contributed by atoms with Crippen molar-refractivity contribution >= 4 is 11.6 Å². The first-order valence-electron chi connectivity index (χ1n) is 9.65. The molecular weight excluding hydrogens is 344 g/mol. The second-order valence-corrected chi connectivity index (χ2v) is 7.96. The van der Waals surface area contributed by atoms with Gasteiger partial charge in [0.25, 0.3) is 0 Å². The molecule has 3 rings (SSSR count). The number of rotatable bonds is 8. The Morgan fingerprint density at radius 1 is 1.00 bits per heavy atom. The molecule has 1 unspecified atom stereocenters. The molecule has 0 amide bonds. The van der Waals surface area contributed by atoms with E-state index in [0.29, 0.717) is 17.2 Å². The Kier molecular flexibility index (Phi) is 6.99. The largest absolute Gasteiger partial charge is 0.497 e. The van der Waals surface area contributed by atoms with Crippen molar-refractivity contribution < 1.29 is 9.84 Å². The first kappa shape index (κ1) is 19.3. The third-order valence-corrected chi connectivity index (χ3v) is 6.25. The average Bonchev–Trinajstić information content (AvgIpc) is 3.01. The lowest BCUT2D eigenvalue weighted by Gasteiger charge is -2.22. The number of methoxy groups -OCH3 is 1. The molecule has 0 aliphatic heterocycles. The normalized spacial score (nSPS) is 22.5. The maximum atomic E-state index is 9.03. The number of halogens is 1. The van der Waals surface area contributed by atoms with E-state index < -0.39 is 0 Å². The summed E-state index contributed by atoms with van der Waals surface area (Å²) in [7, 11) is 1.72. The van der Waals surface area contributed by atoms with E-state index in [-0.39, 0.29) is 6.61 Å². The lowest BCUT2D eigenvalue weighted by atomic mass is 9.85. The molecule has 0 spiro atoms. The quantitative estimate of drug-likeness (QED) is 0.658. The van der Waals surface area contributed by atoms with Gasteiger partial charge in [0.2, 0.25) is 0 Å². The van der Waals surface area contributed by atoms with Crippen LogP contribution >= 0.6 is 11.6 Å². The molecule has 1 saturated carbocycles. The molecule has 1 N–H and O–H groups in total. The van der Waals surface area contributed by atoms with Crippen LogP contribution in [0.3, 0.4) is 0 Å². The first-order chi connectivity index (χ1) is 12.7. The van der Waals surface area contributed by atoms with E-state index in [9.17, 15) is 0 Å². The molecule has 1 aliphatic carbocycles. The second kappa shape index (κ2) is 9.43. The summed E-state index contributed by atoms with van der Waals surface area (Å²) < 4.78 is 5.36. The Morgan fingerprint density at radius 3 is 2.42 bits per heavy atom. The van der Waals surface area contributed by atoms with E-state index >= 15 is 0 Å². The predicted octanol–water partition coefficient (Wildman–Crippen LogP) is 5.04. The molecule has 1 fully saturated rings. The van der Waals surface area contributed by atoms with Crippen molar-refractivity contribution in [2.45, 2.75) is 43.9 Å². The van der Waals surface area contributed by atoms with Crippen LogP contribution in [-0.2, 0) is 19.3 Å². The zero-order chi connectivity index (χ0) is 18.4. The van der Waals surface area contributed by atoms with Crippen LogP contribution in [0.5, 0.6) is 5.75 Å². The van der Waals surface area contributed by atoms with Crippen molar-refractivity contribution in [3.05, 3.63) is 65.2 Å². The van der Waals surface area contributed by atoms with Crippen molar-refractivity contribution in [3.8, 4) is 5.75 Å². The molecule has 140 valence electrons. The number of hydrogen-bond acceptors (Lipinski definition) is 2. The minimum absolute atomic E-state index is 0.210. The lowest BCUT2D eigenvalue weighted by molar-refractivity contribution is 0.299. The monoisotopic (exact) mass is 372 g/mol. The summed E-state index contributed by atoms with van der Waals surface area (Å²) in [6.45, 7) is 0.210. The Hall–Kier alpha value is -1.51. The SMILES string of the molecule is COc1cccc(C[C@H]2CCC(Cl)[C@@H]2CCc2ccc(CCO)cc2)c1. The van der Waals surface area contributed by atoms with Crippen LogP contribution in [0.4, 0.5) is 0 Å². The zero-order valence-electron chi connectivity index (χ0n) is 15.5. The number of aryl methyl sites for hydroxylation is 1. The average molecular weight is 373 g/mol. The van der Waals surface area contributed by atoms with Crippen molar-refractivity contribution in [1.29, 1.82) is 0 Å². The molecule has 1 aliphatic rings. The molecule has 0 radical (unpaired) electrons. The van der Waals surface area contributed by atoms with Crippen molar-refractivity contribution in [3.63, 3.8) is 0 Å². The summed E-state index contributed by atoms with van der Waals surface area (Å²) in [4.78, 5) is 0. The maximum absolute atomic E-state index is 9.03. The van der Waals surface area contributed by atoms with Crippen LogP contribution < -0.4 is 4.74 Å². The van der Waals surface area contributed by atoms with Crippen LogP contribution in [0.1, 0.15) is 36.0 Å². The second-order valence-electron chi connectivity index (χ2n) is 7.40. The third kappa shape index (κ3) is 5.02. The molecule has 26 heavy (non-hydrogen) atoms. The minimum atomic E-state index is 0.210. The number of benzene rings is 2. The highest BCUT2D eigenvalue weighted by atomic mass is 35.5. The molecule has 0 saturated heterocycles. The molecule has 0 bridgehead atoms. The zero-order valence-corrected chi connectivity index (χ0v) is 16.3. The van der Waals surface area contributed by atoms with Crippen LogP contribution in [-0.4, -0.2) is 24.2 Å². The number of aliphatic hydroxyl groups is 1. The fraction of sp³-hybridized carbons (Fsp3) is 0.478. The van der Waals surface area contributed by atoms with Gasteiger partial charge in [0.15, 0.2) is 0 Å². The fourth-order valence-corrected chi connectivity index (χ4v) is 4.66. The number of hydrogen-bond donors (Lipinski definition) is 1. The smallest absolute Gasteiger partial charge is 0.119 e. The topological polar surface area (TPSA) is 29.5 Å². The highest BCUT2D eigenvalue weighted by Crippen LogP contribution is 2.40. The van der Waals surface area contributed by atoms with Gasteiger partial charge in [0, 0.05) is 12.0 Å². The Labute approximate surface area is 162 Å². The van der Waals surface area contributed by atoms with Gasteiger partial charge in [-0.2, -0.15) is 0 Å². The van der Waals surface area contributed by atoms with Gasteiger partial charge < -0.3 is 9.84 Å². The Morgan fingerprint density at radius 2 is 1.73 bits per heavy atom. The van der Waals surface area contributed by atoms with Gasteiger partial charge in [0.05, 0.1) is 7.11 Å². The van der Waals surface area contributed by atoms with E-state index in [2.05, 4.69) is 42.5 Å². The van der Waals surface area contributed by atoms with Crippen molar-refractivity contribution in [2.24, 2.45) is 11.8 Å². The van der Waals surface area contributed by atoms with Gasteiger partial charge in [-0.15, -0.1) is 11.6 Å². The van der Waals surface area contributed by atoms with E-state index in [4.69, 9.17) is 21.4 Å². The van der Waals surface area contributed by atoms with E-state index in [1.165, 1.54) is 23.1 Å². The summed E-state index contributed by atoms with van der Waals surface area (Å²) in [5, 5.41) is 9.32. The Balaban J connectivity index is 1.59. The molecule has 3 heteroatoms. The lowest BCUT2D eigenvalue weighted by Crippen LogP contribution is -2.18. The van der Waals surface area contributed by atoms with E-state index in [1.807, 2.05) is 6.07 Å². The molecule has 2 nitrogen and oxygen atoms in total. The molecule has 2 aromatic carbocycles. The van der Waals surface area contributed by atoms with Crippen LogP contribution in [0, 0.1) is 11.8 Å². The van der Waals surface area contributed by atoms with Crippen LogP contribution in [0.2, 0.25) is 0 Å². The number of aliphatic hydroxyl groups excluding tert-OH is 1. The summed E-state index contributed by atoms with van der Waals surface area (Å²) >= 11 is 6.68. The predicted molar refractivity (Wildman–Crippen MR) is 108 cm³/mol. The van der Waals surface area contributed by atoms with E-state index in [0.717, 1.165) is 37.9 Å². The number of ether oxygens (including phenoxy) is 1. The van der Waals surface area contributed by atoms with Gasteiger partial charge in [-0.25, -0.2) is 0 Å². The molecule has 2 aromatic rings. The molecule has 3 atom stereocenters. The van der Waals surface area contributed by atoms with Crippen LogP contribution in [0.25, 0.3) is 0 Å². The van der Waals surface area contributed by atoms with Gasteiger partial charge in [0.1, 0.15) is 5.75 Å². The standard InChI is InChI=1S/C23H29ClO2/c1-26-21-4-2-3-19(16-21)15-20-10-12-23(24)22(20)11-9-17-5-7-18(8-6-17)13-14-25/h2-8,16,20,22-23,25H,9-15H2,1H3/t20-,22-,23?/m1/s1. The highest BCUT2D eigenvalue weighted by Gasteiger charge is 2.34. The van der Waals surface area contributed by atoms with Gasteiger partial charge >= 0.3 is 0 Å². The third-order valence-electron chi connectivity index (χ3n) is 5.71. The minimum Gasteiger partial charge on any atom is -0.497 e. The summed E-state index contributed by atoms with van der Waals surface area (Å²) in [6.07, 6.45) is 6.36. The molecule has 0 aromatic heterocycles. The maximum Gasteiger partial charge on any atom is 0.119 e. The Bertz CT molecular complexity index is 683. The molecular formula is C23H29ClO2. The summed E-state index contributed by atoms with van der Waals surface area (Å²) in [5.74, 6) is 2.15. The van der Waals surface area contributed by atoms with Crippen molar-refractivity contribution in [1.82, 2.24) is 0 Å². The molecule has 0 heterocycles. The summed E-state index contributed by atoms with van der Waals surface area (Å²) in [6, 6.07) is 17.1. The van der Waals surface area contributed by atoms with E-state index in [1.54, 1.807) is 7.11 Å². The first-order valence-corrected chi connectivity index (χ1v) is 10.1. The van der Waals surface area contributed by atoms with Gasteiger partial charge in [-0.05, 0) is 79.2 Å². The number of alkyl halides is 1. The summed E-state index contributed by atoms with van der Waals surface area (Å²) in [5.41, 5.74) is 3.91. The fourth-order valence-electron chi connectivity index (χ4n) is 4.20. The van der Waals surface area contributed by atoms with Crippen LogP contribution in [0.15, 0.2) is 48.5 Å².